The van der Waals surface area contributed by atoms with E-state index in [1.807, 2.05) is 6.08 Å². The number of aliphatic hydroxyl groups is 1. The summed E-state index contributed by atoms with van der Waals surface area (Å²) in [6.07, 6.45) is 5.81. The molecule has 0 heterocycles. The topological polar surface area (TPSA) is 83.6 Å². The van der Waals surface area contributed by atoms with E-state index in [2.05, 4.69) is 0 Å². The van der Waals surface area contributed by atoms with Crippen LogP contribution in [0, 0.1) is 5.41 Å². The Morgan fingerprint density at radius 1 is 1.53 bits per heavy atom. The van der Waals surface area contributed by atoms with Crippen LogP contribution in [-0.4, -0.2) is 35.6 Å². The second kappa shape index (κ2) is 5.31. The molecule has 0 saturated heterocycles. The molecule has 5 nitrogen and oxygen atoms in total. The number of aliphatic hydroxyl groups excluding tert-OH is 1. The summed E-state index contributed by atoms with van der Waals surface area (Å²) < 4.78 is 0. The highest BCUT2D eigenvalue weighted by molar-refractivity contribution is 5.97. The predicted octanol–water partition coefficient (Wildman–Crippen LogP) is 1.02. The van der Waals surface area contributed by atoms with Gasteiger partial charge in [-0.25, -0.2) is 4.79 Å². The molecule has 0 aliphatic heterocycles. The lowest BCUT2D eigenvalue weighted by Gasteiger charge is -2.33. The lowest BCUT2D eigenvalue weighted by Crippen LogP contribution is -2.48. The third-order valence-electron chi connectivity index (χ3n) is 3.42. The monoisotopic (exact) mass is 240 g/mol. The zero-order valence-electron chi connectivity index (χ0n) is 10.4. The molecule has 0 aromatic rings. The lowest BCUT2D eigenvalue weighted by molar-refractivity contribution is -0.136. The molecule has 0 spiro atoms. The van der Waals surface area contributed by atoms with Gasteiger partial charge in [0.05, 0.1) is 12.0 Å². The molecule has 0 radical (unpaired) electrons. The van der Waals surface area contributed by atoms with Crippen LogP contribution in [0.5, 0.6) is 0 Å². The predicted molar refractivity (Wildman–Crippen MR) is 64.1 cm³/mol. The van der Waals surface area contributed by atoms with Crippen LogP contribution in [0.15, 0.2) is 11.6 Å². The Kier molecular flexibility index (Phi) is 4.28. The van der Waals surface area contributed by atoms with Crippen molar-refractivity contribution in [2.45, 2.75) is 32.6 Å². The molecule has 3 amide bonds. The summed E-state index contributed by atoms with van der Waals surface area (Å²) in [6.45, 7) is 1.35. The number of urea groups is 1. The smallest absolute Gasteiger partial charge is 0.321 e. The average molecular weight is 240 g/mol. The quantitative estimate of drug-likeness (QED) is 0.722. The number of carbonyl (C=O) groups is 2. The summed E-state index contributed by atoms with van der Waals surface area (Å²) in [7, 11) is 1.34. The Morgan fingerprint density at radius 3 is 2.59 bits per heavy atom. The van der Waals surface area contributed by atoms with Gasteiger partial charge in [0.15, 0.2) is 0 Å². The normalized spacial score (nSPS) is 19.1. The molecule has 0 unspecified atom stereocenters. The van der Waals surface area contributed by atoms with Gasteiger partial charge in [-0.1, -0.05) is 11.6 Å². The highest BCUT2D eigenvalue weighted by Crippen LogP contribution is 2.35. The minimum absolute atomic E-state index is 0.310. The van der Waals surface area contributed by atoms with Crippen molar-refractivity contribution >= 4 is 11.9 Å². The zero-order chi connectivity index (χ0) is 13.1. The van der Waals surface area contributed by atoms with Crippen LogP contribution in [0.4, 0.5) is 4.79 Å². The minimum Gasteiger partial charge on any atom is -0.395 e. The number of hydrogen-bond donors (Lipinski definition) is 2. The van der Waals surface area contributed by atoms with Gasteiger partial charge in [-0.2, -0.15) is 0 Å². The maximum absolute atomic E-state index is 12.2. The number of carbonyl (C=O) groups excluding carboxylic acids is 2. The fraction of sp³-hybridized carbons (Fsp3) is 0.667. The fourth-order valence-electron chi connectivity index (χ4n) is 2.12. The van der Waals surface area contributed by atoms with Crippen molar-refractivity contribution in [2.75, 3.05) is 13.7 Å². The Hall–Kier alpha value is -1.36. The average Bonchev–Trinajstić information content (AvgIpc) is 2.36. The molecule has 0 aromatic heterocycles. The first-order valence-electron chi connectivity index (χ1n) is 5.81. The minimum atomic E-state index is -1.02. The van der Waals surface area contributed by atoms with Crippen molar-refractivity contribution in [2.24, 2.45) is 11.1 Å². The number of rotatable bonds is 3. The molecule has 0 saturated carbocycles. The molecule has 0 aromatic carbocycles. The number of allylic oxidation sites excluding steroid dienone is 1. The van der Waals surface area contributed by atoms with E-state index in [1.165, 1.54) is 7.05 Å². The van der Waals surface area contributed by atoms with E-state index < -0.39 is 17.4 Å². The number of imide groups is 1. The van der Waals surface area contributed by atoms with Crippen molar-refractivity contribution in [3.8, 4) is 0 Å². The van der Waals surface area contributed by atoms with Gasteiger partial charge >= 0.3 is 6.03 Å². The van der Waals surface area contributed by atoms with E-state index in [4.69, 9.17) is 5.73 Å². The van der Waals surface area contributed by atoms with Crippen LogP contribution >= 0.6 is 0 Å². The van der Waals surface area contributed by atoms with Crippen molar-refractivity contribution in [1.29, 1.82) is 0 Å². The van der Waals surface area contributed by atoms with Crippen molar-refractivity contribution in [3.05, 3.63) is 11.6 Å². The third-order valence-corrected chi connectivity index (χ3v) is 3.42. The van der Waals surface area contributed by atoms with Crippen LogP contribution in [0.1, 0.15) is 32.6 Å². The third kappa shape index (κ3) is 2.66. The number of hydrogen-bond acceptors (Lipinski definition) is 3. The van der Waals surface area contributed by atoms with E-state index >= 15 is 0 Å². The molecule has 1 aliphatic rings. The van der Waals surface area contributed by atoms with E-state index in [1.54, 1.807) is 6.92 Å². The van der Waals surface area contributed by atoms with Crippen LogP contribution in [0.25, 0.3) is 0 Å². The van der Waals surface area contributed by atoms with E-state index in [-0.39, 0.29) is 6.61 Å². The second-order valence-electron chi connectivity index (χ2n) is 4.67. The van der Waals surface area contributed by atoms with Gasteiger partial charge in [-0.3, -0.25) is 9.69 Å². The fourth-order valence-corrected chi connectivity index (χ4v) is 2.12. The van der Waals surface area contributed by atoms with Crippen LogP contribution in [-0.2, 0) is 4.79 Å². The zero-order valence-corrected chi connectivity index (χ0v) is 10.4. The number of nitrogens with zero attached hydrogens (tertiary/aromatic N) is 1. The maximum Gasteiger partial charge on any atom is 0.321 e. The van der Waals surface area contributed by atoms with Gasteiger partial charge in [-0.05, 0) is 32.6 Å². The van der Waals surface area contributed by atoms with E-state index in [0.717, 1.165) is 36.2 Å². The van der Waals surface area contributed by atoms with E-state index in [0.29, 0.717) is 0 Å². The van der Waals surface area contributed by atoms with Gasteiger partial charge in [-0.15, -0.1) is 0 Å². The summed E-state index contributed by atoms with van der Waals surface area (Å²) in [5, 5.41) is 9.50. The highest BCUT2D eigenvalue weighted by Gasteiger charge is 2.39. The SMILES string of the molecule is CN(C(N)=O)C(=O)[C@](C)(CO)C1=CCCCC1. The molecule has 0 fully saturated rings. The molecular formula is C12H20N2O3. The molecule has 1 atom stereocenters. The molecule has 96 valence electrons. The maximum atomic E-state index is 12.2. The van der Waals surface area contributed by atoms with Crippen molar-refractivity contribution < 1.29 is 14.7 Å². The van der Waals surface area contributed by atoms with Gasteiger partial charge in [0.2, 0.25) is 5.91 Å². The molecule has 1 rings (SSSR count). The number of nitrogens with two attached hydrogens (primary N) is 1. The summed E-state index contributed by atoms with van der Waals surface area (Å²) in [4.78, 5) is 24.0. The summed E-state index contributed by atoms with van der Waals surface area (Å²) in [5.74, 6) is -0.444. The molecular weight excluding hydrogens is 220 g/mol. The highest BCUT2D eigenvalue weighted by atomic mass is 16.3. The van der Waals surface area contributed by atoms with Gasteiger partial charge in [0.1, 0.15) is 0 Å². The number of primary amides is 1. The molecule has 1 aliphatic carbocycles. The van der Waals surface area contributed by atoms with Gasteiger partial charge < -0.3 is 10.8 Å². The lowest BCUT2D eigenvalue weighted by atomic mass is 9.76. The first-order chi connectivity index (χ1) is 7.93. The molecule has 17 heavy (non-hydrogen) atoms. The number of amides is 3. The van der Waals surface area contributed by atoms with E-state index in [9.17, 15) is 14.7 Å². The van der Waals surface area contributed by atoms with Crippen molar-refractivity contribution in [1.82, 2.24) is 4.90 Å². The Bertz CT molecular complexity index is 352. The summed E-state index contributed by atoms with van der Waals surface area (Å²) >= 11 is 0. The first kappa shape index (κ1) is 13.7. The van der Waals surface area contributed by atoms with Gasteiger partial charge in [0, 0.05) is 7.05 Å². The summed E-state index contributed by atoms with van der Waals surface area (Å²) in [6, 6.07) is -0.800. The summed E-state index contributed by atoms with van der Waals surface area (Å²) in [5.41, 5.74) is 4.97. The van der Waals surface area contributed by atoms with Gasteiger partial charge in [0.25, 0.3) is 0 Å². The Labute approximate surface area is 101 Å². The Balaban J connectivity index is 2.98. The van der Waals surface area contributed by atoms with Crippen LogP contribution in [0.2, 0.25) is 0 Å². The molecule has 5 heteroatoms. The molecule has 0 bridgehead atoms. The standard InChI is InChI=1S/C12H20N2O3/c1-12(8-15,9-6-4-3-5-7-9)10(16)14(2)11(13)17/h6,15H,3-5,7-8H2,1-2H3,(H2,13,17)/t12-/m1/s1. The van der Waals surface area contributed by atoms with Crippen LogP contribution in [0.3, 0.4) is 0 Å². The van der Waals surface area contributed by atoms with Crippen molar-refractivity contribution in [3.63, 3.8) is 0 Å². The largest absolute Gasteiger partial charge is 0.395 e. The first-order valence-corrected chi connectivity index (χ1v) is 5.81. The second-order valence-corrected chi connectivity index (χ2v) is 4.67. The molecule has 3 N–H and O–H groups in total. The van der Waals surface area contributed by atoms with Crippen LogP contribution < -0.4 is 5.73 Å². The Morgan fingerprint density at radius 2 is 2.18 bits per heavy atom.